The van der Waals surface area contributed by atoms with Gasteiger partial charge in [-0.15, -0.1) is 11.3 Å². The number of nitrogen functional groups attached to an aromatic ring is 1. The Morgan fingerprint density at radius 2 is 2.15 bits per heavy atom. The highest BCUT2D eigenvalue weighted by Gasteiger charge is 2.23. The molecule has 0 aliphatic rings. The standard InChI is InChI=1S/C14H15ClN2O2S/c1-9-8-20-13(12(9)15)14(19)17(6-7-18)11-5-3-2-4-10(11)16/h2-5,8,18H,6-7,16H2,1H3. The number of para-hydroxylation sites is 2. The van der Waals surface area contributed by atoms with Crippen molar-refractivity contribution in [3.8, 4) is 0 Å². The molecule has 1 amide bonds. The predicted molar refractivity (Wildman–Crippen MR) is 83.7 cm³/mol. The number of carbonyl (C=O) groups is 1. The van der Waals surface area contributed by atoms with Gasteiger partial charge in [0.1, 0.15) is 4.88 Å². The van der Waals surface area contributed by atoms with Crippen LogP contribution < -0.4 is 10.6 Å². The third-order valence-electron chi connectivity index (χ3n) is 2.89. The van der Waals surface area contributed by atoms with E-state index in [1.54, 1.807) is 24.3 Å². The van der Waals surface area contributed by atoms with Crippen LogP contribution in [0.3, 0.4) is 0 Å². The molecule has 0 saturated heterocycles. The van der Waals surface area contributed by atoms with Crippen molar-refractivity contribution in [2.75, 3.05) is 23.8 Å². The lowest BCUT2D eigenvalue weighted by molar-refractivity contribution is 0.0985. The van der Waals surface area contributed by atoms with Crippen LogP contribution in [0.25, 0.3) is 0 Å². The molecular formula is C14H15ClN2O2S. The highest BCUT2D eigenvalue weighted by Crippen LogP contribution is 2.31. The molecule has 3 N–H and O–H groups in total. The molecule has 6 heteroatoms. The Kier molecular flexibility index (Phi) is 4.65. The topological polar surface area (TPSA) is 66.6 Å². The van der Waals surface area contributed by atoms with E-state index in [1.807, 2.05) is 12.3 Å². The summed E-state index contributed by atoms with van der Waals surface area (Å²) >= 11 is 7.44. The molecule has 4 nitrogen and oxygen atoms in total. The fourth-order valence-electron chi connectivity index (χ4n) is 1.86. The van der Waals surface area contributed by atoms with Crippen LogP contribution in [0.15, 0.2) is 29.6 Å². The van der Waals surface area contributed by atoms with Gasteiger partial charge >= 0.3 is 0 Å². The molecule has 0 unspecified atom stereocenters. The van der Waals surface area contributed by atoms with Gasteiger partial charge in [-0.05, 0) is 30.0 Å². The molecular weight excluding hydrogens is 296 g/mol. The van der Waals surface area contributed by atoms with Gasteiger partial charge in [-0.25, -0.2) is 0 Å². The second-order valence-corrected chi connectivity index (χ2v) is 5.56. The molecule has 0 saturated carbocycles. The van der Waals surface area contributed by atoms with Crippen LogP contribution in [0.5, 0.6) is 0 Å². The third kappa shape index (κ3) is 2.80. The van der Waals surface area contributed by atoms with E-state index in [9.17, 15) is 9.90 Å². The van der Waals surface area contributed by atoms with Crippen molar-refractivity contribution in [3.05, 3.63) is 45.1 Å². The van der Waals surface area contributed by atoms with E-state index in [2.05, 4.69) is 0 Å². The number of anilines is 2. The van der Waals surface area contributed by atoms with Gasteiger partial charge in [0.05, 0.1) is 23.0 Å². The van der Waals surface area contributed by atoms with Gasteiger partial charge in [-0.1, -0.05) is 23.7 Å². The zero-order valence-corrected chi connectivity index (χ0v) is 12.5. The number of nitrogens with two attached hydrogens (primary N) is 1. The normalized spacial score (nSPS) is 10.6. The first-order valence-electron chi connectivity index (χ1n) is 6.07. The molecule has 0 aliphatic carbocycles. The number of hydrogen-bond donors (Lipinski definition) is 2. The van der Waals surface area contributed by atoms with Crippen molar-refractivity contribution in [2.24, 2.45) is 0 Å². The van der Waals surface area contributed by atoms with Gasteiger partial charge in [-0.2, -0.15) is 0 Å². The van der Waals surface area contributed by atoms with Gasteiger partial charge in [0, 0.05) is 6.54 Å². The summed E-state index contributed by atoms with van der Waals surface area (Å²) in [5.41, 5.74) is 7.83. The molecule has 0 bridgehead atoms. The predicted octanol–water partition coefficient (Wildman–Crippen LogP) is 2.93. The Balaban J connectivity index is 2.41. The van der Waals surface area contributed by atoms with E-state index in [-0.39, 0.29) is 19.1 Å². The summed E-state index contributed by atoms with van der Waals surface area (Å²) in [6, 6.07) is 7.05. The average Bonchev–Trinajstić information content (AvgIpc) is 2.77. The minimum atomic E-state index is -0.250. The molecule has 20 heavy (non-hydrogen) atoms. The summed E-state index contributed by atoms with van der Waals surface area (Å²) in [6.07, 6.45) is 0. The number of aryl methyl sites for hydroxylation is 1. The molecule has 0 aliphatic heterocycles. The summed E-state index contributed by atoms with van der Waals surface area (Å²) in [5, 5.41) is 11.5. The van der Waals surface area contributed by atoms with Crippen LogP contribution in [0, 0.1) is 6.92 Å². The van der Waals surface area contributed by atoms with Crippen LogP contribution in [0.4, 0.5) is 11.4 Å². The van der Waals surface area contributed by atoms with E-state index in [0.717, 1.165) is 5.56 Å². The van der Waals surface area contributed by atoms with Crippen molar-refractivity contribution >= 4 is 40.2 Å². The van der Waals surface area contributed by atoms with Gasteiger partial charge in [0.15, 0.2) is 0 Å². The molecule has 0 spiro atoms. The summed E-state index contributed by atoms with van der Waals surface area (Å²) in [5.74, 6) is -0.250. The number of nitrogens with zero attached hydrogens (tertiary/aromatic N) is 1. The fraction of sp³-hybridized carbons (Fsp3) is 0.214. The van der Waals surface area contributed by atoms with Gasteiger partial charge in [0.25, 0.3) is 5.91 Å². The van der Waals surface area contributed by atoms with Crippen molar-refractivity contribution in [3.63, 3.8) is 0 Å². The first-order chi connectivity index (χ1) is 9.56. The zero-order valence-electron chi connectivity index (χ0n) is 11.0. The fourth-order valence-corrected chi connectivity index (χ4v) is 3.08. The molecule has 0 atom stereocenters. The number of benzene rings is 1. The van der Waals surface area contributed by atoms with Crippen molar-refractivity contribution < 1.29 is 9.90 Å². The molecule has 1 aromatic carbocycles. The summed E-state index contributed by atoms with van der Waals surface area (Å²) < 4.78 is 0. The van der Waals surface area contributed by atoms with Crippen molar-refractivity contribution in [1.29, 1.82) is 0 Å². The van der Waals surface area contributed by atoms with Gasteiger partial charge in [-0.3, -0.25) is 4.79 Å². The lowest BCUT2D eigenvalue weighted by Gasteiger charge is -2.23. The van der Waals surface area contributed by atoms with Gasteiger partial charge in [0.2, 0.25) is 0 Å². The highest BCUT2D eigenvalue weighted by atomic mass is 35.5. The smallest absolute Gasteiger partial charge is 0.270 e. The molecule has 1 heterocycles. The Hall–Kier alpha value is -1.56. The maximum atomic E-state index is 12.6. The zero-order chi connectivity index (χ0) is 14.7. The van der Waals surface area contributed by atoms with Crippen molar-refractivity contribution in [1.82, 2.24) is 0 Å². The Labute approximate surface area is 126 Å². The number of halogens is 1. The van der Waals surface area contributed by atoms with Crippen molar-refractivity contribution in [2.45, 2.75) is 6.92 Å². The van der Waals surface area contributed by atoms with Crippen LogP contribution >= 0.6 is 22.9 Å². The lowest BCUT2D eigenvalue weighted by atomic mass is 10.2. The number of carbonyl (C=O) groups excluding carboxylic acids is 1. The minimum Gasteiger partial charge on any atom is -0.397 e. The van der Waals surface area contributed by atoms with Crippen LogP contribution in [-0.2, 0) is 0 Å². The molecule has 2 aromatic rings. The van der Waals surface area contributed by atoms with E-state index in [1.165, 1.54) is 16.2 Å². The Morgan fingerprint density at radius 1 is 1.45 bits per heavy atom. The number of aliphatic hydroxyl groups is 1. The number of rotatable bonds is 4. The molecule has 1 aromatic heterocycles. The largest absolute Gasteiger partial charge is 0.397 e. The second-order valence-electron chi connectivity index (χ2n) is 4.30. The Morgan fingerprint density at radius 3 is 2.70 bits per heavy atom. The monoisotopic (exact) mass is 310 g/mol. The van der Waals surface area contributed by atoms with E-state index in [4.69, 9.17) is 17.3 Å². The average molecular weight is 311 g/mol. The molecule has 2 rings (SSSR count). The number of thiophene rings is 1. The SMILES string of the molecule is Cc1csc(C(=O)N(CCO)c2ccccc2N)c1Cl. The lowest BCUT2D eigenvalue weighted by Crippen LogP contribution is -2.33. The number of hydrogen-bond acceptors (Lipinski definition) is 4. The molecule has 0 radical (unpaired) electrons. The van der Waals surface area contributed by atoms with E-state index in [0.29, 0.717) is 21.3 Å². The molecule has 0 fully saturated rings. The summed E-state index contributed by atoms with van der Waals surface area (Å²) in [4.78, 5) is 14.5. The maximum absolute atomic E-state index is 12.6. The first-order valence-corrected chi connectivity index (χ1v) is 7.32. The first kappa shape index (κ1) is 14.8. The second kappa shape index (κ2) is 6.26. The van der Waals surface area contributed by atoms with Crippen LogP contribution in [-0.4, -0.2) is 24.2 Å². The van der Waals surface area contributed by atoms with Crippen LogP contribution in [0.2, 0.25) is 5.02 Å². The highest BCUT2D eigenvalue weighted by molar-refractivity contribution is 7.13. The quantitative estimate of drug-likeness (QED) is 0.853. The number of aliphatic hydroxyl groups excluding tert-OH is 1. The minimum absolute atomic E-state index is 0.151. The third-order valence-corrected chi connectivity index (χ3v) is 4.57. The Bertz CT molecular complexity index is 627. The van der Waals surface area contributed by atoms with Crippen LogP contribution in [0.1, 0.15) is 15.2 Å². The van der Waals surface area contributed by atoms with E-state index >= 15 is 0 Å². The summed E-state index contributed by atoms with van der Waals surface area (Å²) in [6.45, 7) is 1.87. The van der Waals surface area contributed by atoms with E-state index < -0.39 is 0 Å². The molecule has 106 valence electrons. The summed E-state index contributed by atoms with van der Waals surface area (Å²) in [7, 11) is 0. The van der Waals surface area contributed by atoms with Gasteiger partial charge < -0.3 is 15.7 Å². The maximum Gasteiger partial charge on any atom is 0.270 e. The number of amides is 1.